The molecule has 0 spiro atoms. The zero-order chi connectivity index (χ0) is 17.6. The summed E-state index contributed by atoms with van der Waals surface area (Å²) < 4.78 is 5.34. The van der Waals surface area contributed by atoms with E-state index < -0.39 is 0 Å². The Kier molecular flexibility index (Phi) is 6.57. The maximum Gasteiger partial charge on any atom is 0.317 e. The highest BCUT2D eigenvalue weighted by Crippen LogP contribution is 2.18. The molecule has 134 valence electrons. The van der Waals surface area contributed by atoms with E-state index in [0.29, 0.717) is 12.5 Å². The first-order valence-corrected chi connectivity index (χ1v) is 8.55. The second-order valence-electron chi connectivity index (χ2n) is 7.28. The van der Waals surface area contributed by atoms with Crippen molar-refractivity contribution >= 4 is 6.03 Å². The van der Waals surface area contributed by atoms with E-state index in [-0.39, 0.29) is 11.6 Å². The second-order valence-corrected chi connectivity index (χ2v) is 7.28. The Morgan fingerprint density at radius 2 is 2.33 bits per heavy atom. The van der Waals surface area contributed by atoms with Gasteiger partial charge in [-0.05, 0) is 44.9 Å². The molecular weight excluding hydrogens is 304 g/mol. The average molecular weight is 334 g/mol. The van der Waals surface area contributed by atoms with Gasteiger partial charge in [0.15, 0.2) is 0 Å². The van der Waals surface area contributed by atoms with E-state index in [9.17, 15) is 4.79 Å². The molecule has 2 rings (SSSR count). The average Bonchev–Trinajstić information content (AvgIpc) is 3.02. The van der Waals surface area contributed by atoms with Crippen molar-refractivity contribution < 1.29 is 9.53 Å². The summed E-state index contributed by atoms with van der Waals surface area (Å²) in [4.78, 5) is 20.6. The predicted molar refractivity (Wildman–Crippen MR) is 94.7 cm³/mol. The van der Waals surface area contributed by atoms with Gasteiger partial charge in [-0.2, -0.15) is 0 Å². The van der Waals surface area contributed by atoms with Gasteiger partial charge in [-0.15, -0.1) is 0 Å². The summed E-state index contributed by atoms with van der Waals surface area (Å²) in [6.07, 6.45) is 4.75. The van der Waals surface area contributed by atoms with E-state index in [1.165, 1.54) is 5.56 Å². The number of pyridine rings is 1. The molecule has 1 aromatic rings. The molecule has 1 atom stereocenters. The third kappa shape index (κ3) is 5.76. The number of carbonyl (C=O) groups excluding carboxylic acids is 1. The highest BCUT2D eigenvalue weighted by molar-refractivity contribution is 5.74. The van der Waals surface area contributed by atoms with Crippen LogP contribution in [0.3, 0.4) is 0 Å². The van der Waals surface area contributed by atoms with Crippen LogP contribution in [0.4, 0.5) is 4.79 Å². The van der Waals surface area contributed by atoms with Crippen LogP contribution in [0.15, 0.2) is 24.5 Å². The number of rotatable bonds is 7. The number of nitrogens with zero attached hydrogens (tertiary/aromatic N) is 3. The van der Waals surface area contributed by atoms with Crippen LogP contribution in [0.2, 0.25) is 0 Å². The first-order chi connectivity index (χ1) is 11.4. The summed E-state index contributed by atoms with van der Waals surface area (Å²) in [5, 5.41) is 2.97. The maximum atomic E-state index is 12.3. The van der Waals surface area contributed by atoms with Crippen molar-refractivity contribution in [1.29, 1.82) is 0 Å². The van der Waals surface area contributed by atoms with Crippen molar-refractivity contribution in [2.75, 3.05) is 40.3 Å². The third-order valence-corrected chi connectivity index (χ3v) is 4.54. The number of ether oxygens (including phenoxy) is 1. The number of amides is 2. The Balaban J connectivity index is 1.73. The Bertz CT molecular complexity index is 521. The lowest BCUT2D eigenvalue weighted by atomic mass is 10.1. The highest BCUT2D eigenvalue weighted by Gasteiger charge is 2.28. The van der Waals surface area contributed by atoms with E-state index in [4.69, 9.17) is 4.74 Å². The van der Waals surface area contributed by atoms with Crippen LogP contribution in [0, 0.1) is 5.92 Å². The van der Waals surface area contributed by atoms with Gasteiger partial charge in [0, 0.05) is 52.2 Å². The Morgan fingerprint density at radius 3 is 3.00 bits per heavy atom. The van der Waals surface area contributed by atoms with Gasteiger partial charge in [0.25, 0.3) is 0 Å². The molecule has 0 saturated carbocycles. The normalized spacial score (nSPS) is 18.2. The number of likely N-dealkylation sites (tertiary alicyclic amines) is 1. The van der Waals surface area contributed by atoms with Gasteiger partial charge in [0.05, 0.1) is 5.60 Å². The van der Waals surface area contributed by atoms with Gasteiger partial charge in [-0.25, -0.2) is 4.79 Å². The minimum Gasteiger partial charge on any atom is -0.377 e. The molecule has 1 aliphatic heterocycles. The molecule has 6 nitrogen and oxygen atoms in total. The molecule has 0 aromatic carbocycles. The standard InChI is InChI=1S/C18H30N4O2/c1-18(2,24-4)14-20-17(23)22-9-7-16(13-22)12-21(3)11-15-6-5-8-19-10-15/h5-6,8,10,16H,7,9,11-14H2,1-4H3,(H,20,23)/t16-/m1/s1. The lowest BCUT2D eigenvalue weighted by Crippen LogP contribution is -2.45. The summed E-state index contributed by atoms with van der Waals surface area (Å²) in [6, 6.07) is 4.07. The quantitative estimate of drug-likeness (QED) is 0.828. The van der Waals surface area contributed by atoms with Crippen LogP contribution in [0.5, 0.6) is 0 Å². The number of carbonyl (C=O) groups is 1. The van der Waals surface area contributed by atoms with E-state index in [0.717, 1.165) is 32.6 Å². The number of methoxy groups -OCH3 is 1. The molecule has 1 fully saturated rings. The third-order valence-electron chi connectivity index (χ3n) is 4.54. The lowest BCUT2D eigenvalue weighted by Gasteiger charge is -2.25. The summed E-state index contributed by atoms with van der Waals surface area (Å²) >= 11 is 0. The van der Waals surface area contributed by atoms with Crippen molar-refractivity contribution in [3.05, 3.63) is 30.1 Å². The van der Waals surface area contributed by atoms with Crippen molar-refractivity contribution in [2.24, 2.45) is 5.92 Å². The SMILES string of the molecule is COC(C)(C)CNC(=O)N1CC[C@H](CN(C)Cc2cccnc2)C1. The first-order valence-electron chi connectivity index (χ1n) is 8.55. The number of nitrogens with one attached hydrogen (secondary N) is 1. The minimum absolute atomic E-state index is 0.0116. The topological polar surface area (TPSA) is 57.7 Å². The highest BCUT2D eigenvalue weighted by atomic mass is 16.5. The number of aromatic nitrogens is 1. The van der Waals surface area contributed by atoms with Crippen LogP contribution in [0.1, 0.15) is 25.8 Å². The van der Waals surface area contributed by atoms with Gasteiger partial charge in [0.1, 0.15) is 0 Å². The van der Waals surface area contributed by atoms with Crippen LogP contribution >= 0.6 is 0 Å². The minimum atomic E-state index is -0.335. The number of urea groups is 1. The molecule has 24 heavy (non-hydrogen) atoms. The Morgan fingerprint density at radius 1 is 1.54 bits per heavy atom. The number of hydrogen-bond donors (Lipinski definition) is 1. The predicted octanol–water partition coefficient (Wildman–Crippen LogP) is 1.97. The summed E-state index contributed by atoms with van der Waals surface area (Å²) in [5.74, 6) is 0.521. The molecule has 0 bridgehead atoms. The van der Waals surface area contributed by atoms with Crippen LogP contribution in [-0.2, 0) is 11.3 Å². The zero-order valence-corrected chi connectivity index (χ0v) is 15.3. The van der Waals surface area contributed by atoms with E-state index in [1.54, 1.807) is 13.3 Å². The smallest absolute Gasteiger partial charge is 0.317 e. The molecule has 1 saturated heterocycles. The maximum absolute atomic E-state index is 12.3. The van der Waals surface area contributed by atoms with Crippen molar-refractivity contribution in [3.63, 3.8) is 0 Å². The van der Waals surface area contributed by atoms with Crippen molar-refractivity contribution in [3.8, 4) is 0 Å². The van der Waals surface area contributed by atoms with Crippen molar-refractivity contribution in [2.45, 2.75) is 32.4 Å². The summed E-state index contributed by atoms with van der Waals surface area (Å²) in [5.41, 5.74) is 0.882. The molecular formula is C18H30N4O2. The molecule has 1 aliphatic rings. The van der Waals surface area contributed by atoms with E-state index in [1.807, 2.05) is 31.0 Å². The largest absolute Gasteiger partial charge is 0.377 e. The molecule has 2 amide bonds. The number of hydrogen-bond acceptors (Lipinski definition) is 4. The van der Waals surface area contributed by atoms with Gasteiger partial charge in [-0.3, -0.25) is 4.98 Å². The lowest BCUT2D eigenvalue weighted by molar-refractivity contribution is 0.0245. The van der Waals surface area contributed by atoms with Crippen LogP contribution in [0.25, 0.3) is 0 Å². The van der Waals surface area contributed by atoms with Crippen LogP contribution < -0.4 is 5.32 Å². The first kappa shape index (κ1) is 18.7. The van der Waals surface area contributed by atoms with Gasteiger partial charge < -0.3 is 19.9 Å². The molecule has 1 N–H and O–H groups in total. The van der Waals surface area contributed by atoms with Gasteiger partial charge in [-0.1, -0.05) is 6.07 Å². The fourth-order valence-electron chi connectivity index (χ4n) is 2.95. The fraction of sp³-hybridized carbons (Fsp3) is 0.667. The Hall–Kier alpha value is -1.66. The van der Waals surface area contributed by atoms with Gasteiger partial charge >= 0.3 is 6.03 Å². The van der Waals surface area contributed by atoms with E-state index in [2.05, 4.69) is 28.3 Å². The van der Waals surface area contributed by atoms with E-state index >= 15 is 0 Å². The van der Waals surface area contributed by atoms with Crippen molar-refractivity contribution in [1.82, 2.24) is 20.1 Å². The van der Waals surface area contributed by atoms with Crippen LogP contribution in [-0.4, -0.2) is 66.8 Å². The molecule has 1 aromatic heterocycles. The fourth-order valence-corrected chi connectivity index (χ4v) is 2.95. The molecule has 0 unspecified atom stereocenters. The molecule has 0 aliphatic carbocycles. The monoisotopic (exact) mass is 334 g/mol. The molecule has 2 heterocycles. The second kappa shape index (κ2) is 8.44. The summed E-state index contributed by atoms with van der Waals surface area (Å²) in [6.45, 7) is 7.97. The summed E-state index contributed by atoms with van der Waals surface area (Å²) in [7, 11) is 3.78. The molecule has 6 heteroatoms. The van der Waals surface area contributed by atoms with Gasteiger partial charge in [0.2, 0.25) is 0 Å². The molecule has 0 radical (unpaired) electrons. The zero-order valence-electron chi connectivity index (χ0n) is 15.3. The Labute approximate surface area is 145 Å².